The third-order valence-electron chi connectivity index (χ3n) is 21.4. The van der Waals surface area contributed by atoms with Gasteiger partial charge in [-0.15, -0.1) is 0 Å². The first kappa shape index (κ1) is 49.1. The summed E-state index contributed by atoms with van der Waals surface area (Å²) in [6.45, 7) is 12.7. The molecule has 5 aliphatic carbocycles. The lowest BCUT2D eigenvalue weighted by Crippen LogP contribution is -2.62. The minimum atomic E-state index is -0.0872. The van der Waals surface area contributed by atoms with Crippen LogP contribution in [0.1, 0.15) is 219 Å². The number of rotatable bonds is 3. The van der Waals surface area contributed by atoms with E-state index in [0.717, 1.165) is 0 Å². The Bertz CT molecular complexity index is 3080. The fourth-order valence-electron chi connectivity index (χ4n) is 16.9. The van der Waals surface area contributed by atoms with Crippen molar-refractivity contribution in [3.05, 3.63) is 147 Å². The molecule has 0 spiro atoms. The van der Waals surface area contributed by atoms with Crippen LogP contribution in [0.2, 0.25) is 0 Å². The average molecular weight is 1000 g/mol. The van der Waals surface area contributed by atoms with Gasteiger partial charge in [-0.25, -0.2) is 0 Å². The predicted octanol–water partition coefficient (Wildman–Crippen LogP) is 17.4. The van der Waals surface area contributed by atoms with Crippen molar-refractivity contribution in [2.45, 2.75) is 231 Å². The lowest BCUT2D eigenvalue weighted by atomic mass is 9.33. The normalized spacial score (nSPS) is 23.2. The van der Waals surface area contributed by atoms with Gasteiger partial charge in [0, 0.05) is 50.9 Å². The number of anilines is 8. The smallest absolute Gasteiger partial charge is 0.252 e. The van der Waals surface area contributed by atoms with Crippen LogP contribution in [0.15, 0.2) is 91.0 Å². The van der Waals surface area contributed by atoms with E-state index >= 15 is 0 Å². The lowest BCUT2D eigenvalue weighted by Gasteiger charge is -2.51. The monoisotopic (exact) mass is 1000 g/mol. The fourth-order valence-corrected chi connectivity index (χ4v) is 16.9. The van der Waals surface area contributed by atoms with Crippen LogP contribution in [-0.2, 0) is 62.2 Å². The lowest BCUT2D eigenvalue weighted by molar-refractivity contribution is 0.195. The van der Waals surface area contributed by atoms with Gasteiger partial charge in [-0.3, -0.25) is 0 Å². The number of hydrogen-bond acceptors (Lipinski definition) is 3. The first-order valence-corrected chi connectivity index (χ1v) is 31.3. The van der Waals surface area contributed by atoms with Crippen LogP contribution < -0.4 is 31.1 Å². The molecule has 0 amide bonds. The third kappa shape index (κ3) is 8.08. The van der Waals surface area contributed by atoms with E-state index in [1.165, 1.54) is 247 Å². The highest BCUT2D eigenvalue weighted by Gasteiger charge is 2.58. The number of fused-ring (bicyclic) bond motifs is 11. The zero-order valence-electron chi connectivity index (χ0n) is 47.4. The minimum absolute atomic E-state index is 0.0219. The standard InChI is InChI=1S/C72H86BN3/c1-70(2,3)57-34-37-64-61(46-57)71(4)38-22-23-39-72(71,5)76(64)60-47-67-69-68(48-60)75(59-36-33-50-25-15-7-9-17-27-52(50)41-59)66-45-56-31-21-13-11-19-29-54(56)43-63(66)73(69)62-42-53-28-18-10-12-20-30-55(53)44-65(62)74(67)58-35-32-49-24-14-6-8-16-26-51(49)40-58/h32-37,40-48H,6-31,38-39H2,1-5H3. The van der Waals surface area contributed by atoms with Crippen molar-refractivity contribution < 1.29 is 0 Å². The van der Waals surface area contributed by atoms with Gasteiger partial charge in [-0.2, -0.15) is 0 Å². The van der Waals surface area contributed by atoms with E-state index in [4.69, 9.17) is 0 Å². The number of nitrogens with zero attached hydrogens (tertiary/aromatic N) is 3. The minimum Gasteiger partial charge on any atom is -0.334 e. The summed E-state index contributed by atoms with van der Waals surface area (Å²) in [6, 6.07) is 39.8. The molecular formula is C72H86BN3. The summed E-state index contributed by atoms with van der Waals surface area (Å²) >= 11 is 0. The number of benzene rings is 6. The maximum absolute atomic E-state index is 2.92. The molecule has 4 heteroatoms. The number of aryl methyl sites for hydroxylation is 8. The van der Waals surface area contributed by atoms with E-state index in [1.54, 1.807) is 50.1 Å². The van der Waals surface area contributed by atoms with Gasteiger partial charge < -0.3 is 14.7 Å². The van der Waals surface area contributed by atoms with Crippen LogP contribution >= 0.6 is 0 Å². The third-order valence-corrected chi connectivity index (χ3v) is 21.4. The topological polar surface area (TPSA) is 9.72 Å². The van der Waals surface area contributed by atoms with Crippen molar-refractivity contribution in [3.8, 4) is 0 Å². The van der Waals surface area contributed by atoms with Crippen molar-refractivity contribution >= 4 is 68.6 Å². The van der Waals surface area contributed by atoms with Crippen LogP contribution in [0.3, 0.4) is 0 Å². The summed E-state index contributed by atoms with van der Waals surface area (Å²) in [6.07, 6.45) is 35.5. The molecule has 3 aliphatic heterocycles. The van der Waals surface area contributed by atoms with Gasteiger partial charge in [-0.05, 0) is 255 Å². The summed E-state index contributed by atoms with van der Waals surface area (Å²) in [5, 5.41) is 0. The second-order valence-corrected chi connectivity index (χ2v) is 27.1. The maximum Gasteiger partial charge on any atom is 0.252 e. The molecule has 0 radical (unpaired) electrons. The van der Waals surface area contributed by atoms with Gasteiger partial charge in [0.15, 0.2) is 0 Å². The van der Waals surface area contributed by atoms with Gasteiger partial charge >= 0.3 is 0 Å². The largest absolute Gasteiger partial charge is 0.334 e. The van der Waals surface area contributed by atoms with E-state index in [0.29, 0.717) is 0 Å². The predicted molar refractivity (Wildman–Crippen MR) is 325 cm³/mol. The molecule has 3 heterocycles. The Morgan fingerprint density at radius 1 is 0.368 bits per heavy atom. The van der Waals surface area contributed by atoms with Crippen LogP contribution in [0.4, 0.5) is 45.5 Å². The maximum atomic E-state index is 2.92. The van der Waals surface area contributed by atoms with E-state index in [1.807, 2.05) is 0 Å². The van der Waals surface area contributed by atoms with Crippen molar-refractivity contribution in [2.24, 2.45) is 0 Å². The molecule has 76 heavy (non-hydrogen) atoms. The van der Waals surface area contributed by atoms with Crippen molar-refractivity contribution in [1.82, 2.24) is 0 Å². The summed E-state index contributed by atoms with van der Waals surface area (Å²) in [5.41, 5.74) is 31.5. The van der Waals surface area contributed by atoms with E-state index < -0.39 is 0 Å². The van der Waals surface area contributed by atoms with E-state index in [-0.39, 0.29) is 23.1 Å². The summed E-state index contributed by atoms with van der Waals surface area (Å²) in [4.78, 5) is 8.60. The van der Waals surface area contributed by atoms with Crippen molar-refractivity contribution in [1.29, 1.82) is 0 Å². The first-order valence-electron chi connectivity index (χ1n) is 31.3. The van der Waals surface area contributed by atoms with E-state index in [9.17, 15) is 0 Å². The van der Waals surface area contributed by atoms with Gasteiger partial charge in [0.25, 0.3) is 6.71 Å². The van der Waals surface area contributed by atoms with Crippen LogP contribution in [-0.4, -0.2) is 12.3 Å². The molecule has 2 unspecified atom stereocenters. The molecule has 0 bridgehead atoms. The molecule has 2 atom stereocenters. The van der Waals surface area contributed by atoms with Crippen molar-refractivity contribution in [3.63, 3.8) is 0 Å². The summed E-state index contributed by atoms with van der Waals surface area (Å²) in [7, 11) is 0. The molecular weight excluding hydrogens is 918 g/mol. The van der Waals surface area contributed by atoms with Gasteiger partial charge in [0.1, 0.15) is 0 Å². The Morgan fingerprint density at radius 3 is 1.25 bits per heavy atom. The highest BCUT2D eigenvalue weighted by molar-refractivity contribution is 7.00. The average Bonchev–Trinajstić information content (AvgIpc) is 3.76. The SMILES string of the molecule is CC(C)(C)c1ccc2c(c1)C1(C)CCCCC1(C)N2c1cc2c3c(c1)N(c1ccc4c(c1)CCCCCC4)c1cc4c(cc1B3c1cc3c(cc1N2c1ccc2c(c1)CCCCCC2)CCCCCC3)CCCCCC4. The molecule has 6 aromatic rings. The molecule has 6 aromatic carbocycles. The zero-order valence-corrected chi connectivity index (χ0v) is 47.4. The first-order chi connectivity index (χ1) is 37.1. The molecule has 1 saturated carbocycles. The molecule has 8 aliphatic rings. The summed E-state index contributed by atoms with van der Waals surface area (Å²) in [5.74, 6) is 0. The van der Waals surface area contributed by atoms with Crippen LogP contribution in [0, 0.1) is 0 Å². The van der Waals surface area contributed by atoms with Crippen LogP contribution in [0.25, 0.3) is 0 Å². The fraction of sp³-hybridized carbons (Fsp3) is 0.500. The Labute approximate surface area is 458 Å². The molecule has 392 valence electrons. The van der Waals surface area contributed by atoms with Gasteiger partial charge in [0.05, 0.1) is 5.54 Å². The Balaban J connectivity index is 1.09. The quantitative estimate of drug-likeness (QED) is 0.163. The van der Waals surface area contributed by atoms with Gasteiger partial charge in [0.2, 0.25) is 0 Å². The molecule has 1 fully saturated rings. The Hall–Kier alpha value is -5.22. The molecule has 0 aromatic heterocycles. The highest BCUT2D eigenvalue weighted by atomic mass is 15.3. The highest BCUT2D eigenvalue weighted by Crippen LogP contribution is 2.62. The van der Waals surface area contributed by atoms with E-state index in [2.05, 4.69) is 140 Å². The molecule has 0 N–H and O–H groups in total. The Kier molecular flexibility index (Phi) is 12.5. The second kappa shape index (κ2) is 19.3. The molecule has 14 rings (SSSR count). The second-order valence-electron chi connectivity index (χ2n) is 27.1. The van der Waals surface area contributed by atoms with Crippen LogP contribution in [0.5, 0.6) is 0 Å². The van der Waals surface area contributed by atoms with Crippen molar-refractivity contribution in [2.75, 3.05) is 14.7 Å². The number of hydrogen-bond donors (Lipinski definition) is 0. The molecule has 0 saturated heterocycles. The molecule has 3 nitrogen and oxygen atoms in total. The van der Waals surface area contributed by atoms with Gasteiger partial charge in [-0.1, -0.05) is 128 Å². The summed E-state index contributed by atoms with van der Waals surface area (Å²) < 4.78 is 0. The zero-order chi connectivity index (χ0) is 51.3. The Morgan fingerprint density at radius 2 is 0.789 bits per heavy atom.